The van der Waals surface area contributed by atoms with Gasteiger partial charge in [0.2, 0.25) is 6.29 Å². The molecule has 4 aliphatic rings. The van der Waals surface area contributed by atoms with E-state index in [9.17, 15) is 0 Å². The minimum Gasteiger partial charge on any atom is -0.476 e. The van der Waals surface area contributed by atoms with Gasteiger partial charge in [0.05, 0.1) is 0 Å². The van der Waals surface area contributed by atoms with E-state index in [0.29, 0.717) is 0 Å². The molecule has 4 fully saturated rings. The molecular formula is C12H18O3. The zero-order valence-corrected chi connectivity index (χ0v) is 8.89. The first-order valence-corrected chi connectivity index (χ1v) is 5.85. The van der Waals surface area contributed by atoms with Gasteiger partial charge in [0.1, 0.15) is 0 Å². The molecule has 4 bridgehead atoms. The van der Waals surface area contributed by atoms with Crippen LogP contribution in [0.15, 0.2) is 0 Å². The molecule has 0 radical (unpaired) electrons. The van der Waals surface area contributed by atoms with Gasteiger partial charge in [0, 0.05) is 0 Å². The quantitative estimate of drug-likeness (QED) is 0.532. The normalized spacial score (nSPS) is 40.5. The molecule has 15 heavy (non-hydrogen) atoms. The number of hydrogen-bond acceptors (Lipinski definition) is 2. The van der Waals surface area contributed by atoms with E-state index in [0.717, 1.165) is 0 Å². The third kappa shape index (κ3) is 2.58. The summed E-state index contributed by atoms with van der Waals surface area (Å²) in [6, 6.07) is 0. The van der Waals surface area contributed by atoms with E-state index in [1.54, 1.807) is 38.5 Å². The van der Waals surface area contributed by atoms with Gasteiger partial charge in [-0.1, -0.05) is 0 Å². The lowest BCUT2D eigenvalue weighted by atomic mass is 9.56. The van der Waals surface area contributed by atoms with E-state index in [-0.39, 0.29) is 6.29 Å². The standard InChI is InChI=1S/C10H16.C2H2O3/c1-7-2-9-4-8(1)5-10(3-7)6-9;3-1-2(4)5/h7-10H,1-6H2;1H,(H,4,5). The fraction of sp³-hybridized carbons (Fsp3) is 0.833. The summed E-state index contributed by atoms with van der Waals surface area (Å²) in [5.41, 5.74) is 0. The number of carboxylic acids is 1. The number of carbonyl (C=O) groups excluding carboxylic acids is 1. The van der Waals surface area contributed by atoms with Crippen LogP contribution in [0.4, 0.5) is 0 Å². The Morgan fingerprint density at radius 1 is 0.867 bits per heavy atom. The smallest absolute Gasteiger partial charge is 0.368 e. The molecular weight excluding hydrogens is 192 g/mol. The van der Waals surface area contributed by atoms with Crippen molar-refractivity contribution >= 4 is 12.3 Å². The summed E-state index contributed by atoms with van der Waals surface area (Å²) >= 11 is 0. The first kappa shape index (κ1) is 10.7. The SMILES string of the molecule is C1C2CC3CC1CC(C2)C3.O=CC(=O)O. The summed E-state index contributed by atoms with van der Waals surface area (Å²) in [5.74, 6) is 3.28. The first-order chi connectivity index (χ1) is 7.17. The first-order valence-electron chi connectivity index (χ1n) is 5.85. The number of aldehydes is 1. The fourth-order valence-corrected chi connectivity index (χ4v) is 3.98. The highest BCUT2D eigenvalue weighted by Gasteiger charge is 2.41. The molecule has 0 unspecified atom stereocenters. The van der Waals surface area contributed by atoms with E-state index in [1.807, 2.05) is 0 Å². The highest BCUT2D eigenvalue weighted by atomic mass is 16.4. The molecule has 4 saturated carbocycles. The van der Waals surface area contributed by atoms with Crippen molar-refractivity contribution in [1.82, 2.24) is 0 Å². The molecule has 3 nitrogen and oxygen atoms in total. The van der Waals surface area contributed by atoms with E-state index >= 15 is 0 Å². The minimum absolute atomic E-state index is 0.167. The number of rotatable bonds is 1. The number of carbonyl (C=O) groups is 2. The Bertz CT molecular complexity index is 203. The van der Waals surface area contributed by atoms with Crippen molar-refractivity contribution in [2.75, 3.05) is 0 Å². The highest BCUT2D eigenvalue weighted by Crippen LogP contribution is 2.53. The van der Waals surface area contributed by atoms with Crippen LogP contribution in [0.3, 0.4) is 0 Å². The molecule has 0 amide bonds. The third-order valence-corrected chi connectivity index (χ3v) is 4.10. The van der Waals surface area contributed by atoms with Gasteiger partial charge >= 0.3 is 5.97 Å². The van der Waals surface area contributed by atoms with Crippen LogP contribution in [0, 0.1) is 23.7 Å². The summed E-state index contributed by atoms with van der Waals surface area (Å²) in [4.78, 5) is 17.9. The molecule has 0 aromatic carbocycles. The lowest BCUT2D eigenvalue weighted by molar-refractivity contribution is -0.143. The van der Waals surface area contributed by atoms with Crippen LogP contribution in [-0.2, 0) is 9.59 Å². The third-order valence-electron chi connectivity index (χ3n) is 4.10. The van der Waals surface area contributed by atoms with Crippen molar-refractivity contribution in [2.24, 2.45) is 23.7 Å². The van der Waals surface area contributed by atoms with Crippen LogP contribution in [0.25, 0.3) is 0 Å². The summed E-state index contributed by atoms with van der Waals surface area (Å²) in [5, 5.41) is 7.35. The van der Waals surface area contributed by atoms with Crippen LogP contribution < -0.4 is 0 Å². The molecule has 84 valence electrons. The Balaban J connectivity index is 0.000000149. The molecule has 3 heteroatoms. The van der Waals surface area contributed by atoms with Crippen molar-refractivity contribution in [3.63, 3.8) is 0 Å². The zero-order chi connectivity index (χ0) is 10.8. The maximum atomic E-state index is 9.00. The van der Waals surface area contributed by atoms with E-state index in [1.165, 1.54) is 23.7 Å². The van der Waals surface area contributed by atoms with Crippen molar-refractivity contribution in [3.8, 4) is 0 Å². The molecule has 0 atom stereocenters. The molecule has 0 spiro atoms. The summed E-state index contributed by atoms with van der Waals surface area (Å²) < 4.78 is 0. The molecule has 4 rings (SSSR count). The predicted molar refractivity (Wildman–Crippen MR) is 55.4 cm³/mol. The topological polar surface area (TPSA) is 54.4 Å². The van der Waals surface area contributed by atoms with Gasteiger partial charge < -0.3 is 5.11 Å². The van der Waals surface area contributed by atoms with Crippen molar-refractivity contribution in [1.29, 1.82) is 0 Å². The fourth-order valence-electron chi connectivity index (χ4n) is 3.98. The van der Waals surface area contributed by atoms with Crippen molar-refractivity contribution < 1.29 is 14.7 Å². The maximum Gasteiger partial charge on any atom is 0.368 e. The van der Waals surface area contributed by atoms with Gasteiger partial charge in [0.15, 0.2) is 0 Å². The lowest BCUT2D eigenvalue weighted by Crippen LogP contribution is -2.38. The largest absolute Gasteiger partial charge is 0.476 e. The van der Waals surface area contributed by atoms with Gasteiger partial charge in [-0.15, -0.1) is 0 Å². The van der Waals surface area contributed by atoms with Crippen molar-refractivity contribution in [2.45, 2.75) is 38.5 Å². The second kappa shape index (κ2) is 4.33. The van der Waals surface area contributed by atoms with Gasteiger partial charge in [-0.05, 0) is 62.2 Å². The number of carboxylic acid groups (broad SMARTS) is 1. The molecule has 0 aliphatic heterocycles. The molecule has 1 N–H and O–H groups in total. The van der Waals surface area contributed by atoms with Crippen LogP contribution in [0.1, 0.15) is 38.5 Å². The summed E-state index contributed by atoms with van der Waals surface area (Å²) in [6.07, 6.45) is 9.46. The Kier molecular flexibility index (Phi) is 3.08. The van der Waals surface area contributed by atoms with Gasteiger partial charge in [0.25, 0.3) is 0 Å². The number of hydrogen-bond donors (Lipinski definition) is 1. The second-order valence-corrected chi connectivity index (χ2v) is 5.33. The zero-order valence-electron chi connectivity index (χ0n) is 8.89. The van der Waals surface area contributed by atoms with Gasteiger partial charge in [-0.25, -0.2) is 4.79 Å². The van der Waals surface area contributed by atoms with Crippen LogP contribution >= 0.6 is 0 Å². The predicted octanol–water partition coefficient (Wildman–Crippen LogP) is 2.10. The maximum absolute atomic E-state index is 9.00. The summed E-state index contributed by atoms with van der Waals surface area (Å²) in [6.45, 7) is 0. The summed E-state index contributed by atoms with van der Waals surface area (Å²) in [7, 11) is 0. The lowest BCUT2D eigenvalue weighted by Gasteiger charge is -2.49. The van der Waals surface area contributed by atoms with Gasteiger partial charge in [-0.3, -0.25) is 4.79 Å². The Hall–Kier alpha value is -0.860. The second-order valence-electron chi connectivity index (χ2n) is 5.33. The molecule has 0 aromatic rings. The van der Waals surface area contributed by atoms with Crippen molar-refractivity contribution in [3.05, 3.63) is 0 Å². The van der Waals surface area contributed by atoms with E-state index in [2.05, 4.69) is 0 Å². The Labute approximate surface area is 89.9 Å². The van der Waals surface area contributed by atoms with Crippen LogP contribution in [0.5, 0.6) is 0 Å². The van der Waals surface area contributed by atoms with Crippen LogP contribution in [-0.4, -0.2) is 17.4 Å². The molecule has 4 aliphatic carbocycles. The Morgan fingerprint density at radius 2 is 1.07 bits per heavy atom. The minimum atomic E-state index is -1.43. The molecule has 0 aromatic heterocycles. The molecule has 0 heterocycles. The Morgan fingerprint density at radius 3 is 1.20 bits per heavy atom. The van der Waals surface area contributed by atoms with E-state index < -0.39 is 5.97 Å². The molecule has 0 saturated heterocycles. The van der Waals surface area contributed by atoms with E-state index in [4.69, 9.17) is 14.7 Å². The van der Waals surface area contributed by atoms with Gasteiger partial charge in [-0.2, -0.15) is 0 Å². The average Bonchev–Trinajstić information content (AvgIpc) is 2.16. The average molecular weight is 210 g/mol. The monoisotopic (exact) mass is 210 g/mol. The number of aliphatic carboxylic acids is 1. The van der Waals surface area contributed by atoms with Crippen LogP contribution in [0.2, 0.25) is 0 Å². The highest BCUT2D eigenvalue weighted by molar-refractivity contribution is 6.19.